The van der Waals surface area contributed by atoms with E-state index in [4.69, 9.17) is 9.26 Å². The molecule has 0 aliphatic heterocycles. The molecular weight excluding hydrogens is 426 g/mol. The third-order valence-corrected chi connectivity index (χ3v) is 4.38. The number of nitrogens with zero attached hydrogens (tertiary/aromatic N) is 2. The maximum Gasteiger partial charge on any atom is 0.269 e. The van der Waals surface area contributed by atoms with Crippen molar-refractivity contribution in [1.82, 2.24) is 15.5 Å². The quantitative estimate of drug-likeness (QED) is 0.468. The fourth-order valence-corrected chi connectivity index (χ4v) is 2.73. The molecule has 2 heterocycles. The zero-order valence-electron chi connectivity index (χ0n) is 18.8. The van der Waals surface area contributed by atoms with Gasteiger partial charge in [-0.25, -0.2) is 0 Å². The summed E-state index contributed by atoms with van der Waals surface area (Å²) in [6.07, 6.45) is 1.06. The van der Waals surface area contributed by atoms with Gasteiger partial charge in [-0.3, -0.25) is 19.4 Å². The van der Waals surface area contributed by atoms with Gasteiger partial charge in [0.2, 0.25) is 11.8 Å². The lowest BCUT2D eigenvalue weighted by molar-refractivity contribution is -0.123. The standard InChI is InChI=1S/C23H25N5O5/c1-23(2,3)18-12-19(28-33-18)27-21(30)13-20(29)26-14-6-5-7-15(10-14)32-16-8-9-25-17(11-16)22(31)24-4/h5-12H,13H2,1-4H3,(H,24,31)(H,26,29)(H,27,28,30). The molecule has 0 aliphatic rings. The second kappa shape index (κ2) is 9.94. The molecule has 0 bridgehead atoms. The van der Waals surface area contributed by atoms with Crippen LogP contribution in [0.5, 0.6) is 11.5 Å². The molecule has 3 amide bonds. The van der Waals surface area contributed by atoms with Gasteiger partial charge < -0.3 is 25.2 Å². The van der Waals surface area contributed by atoms with Crippen molar-refractivity contribution in [2.24, 2.45) is 0 Å². The van der Waals surface area contributed by atoms with Crippen LogP contribution in [0.1, 0.15) is 43.4 Å². The van der Waals surface area contributed by atoms with Crippen LogP contribution in [0, 0.1) is 0 Å². The van der Waals surface area contributed by atoms with Crippen LogP contribution in [0.3, 0.4) is 0 Å². The van der Waals surface area contributed by atoms with Gasteiger partial charge in [0, 0.05) is 42.5 Å². The number of anilines is 2. The van der Waals surface area contributed by atoms with Crippen molar-refractivity contribution in [1.29, 1.82) is 0 Å². The molecule has 172 valence electrons. The van der Waals surface area contributed by atoms with Crippen molar-refractivity contribution in [3.8, 4) is 11.5 Å². The average Bonchev–Trinajstić information content (AvgIpc) is 3.22. The number of amides is 3. The maximum absolute atomic E-state index is 12.3. The molecule has 1 aromatic carbocycles. The number of carbonyl (C=O) groups is 3. The lowest BCUT2D eigenvalue weighted by atomic mass is 9.93. The Bertz CT molecular complexity index is 1170. The molecular formula is C23H25N5O5. The number of benzene rings is 1. The number of hydrogen-bond acceptors (Lipinski definition) is 7. The summed E-state index contributed by atoms with van der Waals surface area (Å²) in [4.78, 5) is 40.2. The summed E-state index contributed by atoms with van der Waals surface area (Å²) in [5, 5.41) is 11.5. The molecule has 0 spiro atoms. The van der Waals surface area contributed by atoms with Gasteiger partial charge in [-0.2, -0.15) is 0 Å². The summed E-state index contributed by atoms with van der Waals surface area (Å²) in [7, 11) is 1.51. The fraction of sp³-hybridized carbons (Fsp3) is 0.261. The summed E-state index contributed by atoms with van der Waals surface area (Å²) in [5.41, 5.74) is 0.412. The molecule has 3 rings (SSSR count). The first-order chi connectivity index (χ1) is 15.6. The Kier molecular flexibility index (Phi) is 7.07. The molecule has 0 atom stereocenters. The lowest BCUT2D eigenvalue weighted by Crippen LogP contribution is -2.21. The minimum atomic E-state index is -0.521. The normalized spacial score (nSPS) is 10.9. The number of rotatable bonds is 7. The first kappa shape index (κ1) is 23.5. The largest absolute Gasteiger partial charge is 0.457 e. The van der Waals surface area contributed by atoms with Crippen LogP contribution >= 0.6 is 0 Å². The molecule has 2 aromatic heterocycles. The number of pyridine rings is 1. The molecule has 0 saturated carbocycles. The lowest BCUT2D eigenvalue weighted by Gasteiger charge is -2.12. The molecule has 3 aromatic rings. The molecule has 0 radical (unpaired) electrons. The Hall–Kier alpha value is -4.21. The number of ether oxygens (including phenoxy) is 1. The molecule has 3 N–H and O–H groups in total. The summed E-state index contributed by atoms with van der Waals surface area (Å²) >= 11 is 0. The highest BCUT2D eigenvalue weighted by atomic mass is 16.5. The van der Waals surface area contributed by atoms with Crippen LogP contribution < -0.4 is 20.7 Å². The third-order valence-electron chi connectivity index (χ3n) is 4.38. The summed E-state index contributed by atoms with van der Waals surface area (Å²) in [5.74, 6) is 0.358. The van der Waals surface area contributed by atoms with Crippen molar-refractivity contribution in [3.63, 3.8) is 0 Å². The predicted molar refractivity (Wildman–Crippen MR) is 121 cm³/mol. The van der Waals surface area contributed by atoms with E-state index in [-0.39, 0.29) is 22.8 Å². The topological polar surface area (TPSA) is 135 Å². The van der Waals surface area contributed by atoms with E-state index in [0.29, 0.717) is 22.9 Å². The monoisotopic (exact) mass is 451 g/mol. The predicted octanol–water partition coefficient (Wildman–Crippen LogP) is 3.49. The van der Waals surface area contributed by atoms with Crippen molar-refractivity contribution in [2.45, 2.75) is 32.6 Å². The smallest absolute Gasteiger partial charge is 0.269 e. The van der Waals surface area contributed by atoms with Crippen LogP contribution in [0.4, 0.5) is 11.5 Å². The fourth-order valence-electron chi connectivity index (χ4n) is 2.73. The van der Waals surface area contributed by atoms with Crippen LogP contribution in [0.25, 0.3) is 0 Å². The van der Waals surface area contributed by atoms with Gasteiger partial charge in [0.1, 0.15) is 29.4 Å². The van der Waals surface area contributed by atoms with Gasteiger partial charge in [0.25, 0.3) is 5.91 Å². The Morgan fingerprint density at radius 3 is 2.42 bits per heavy atom. The van der Waals surface area contributed by atoms with E-state index >= 15 is 0 Å². The minimum absolute atomic E-state index is 0.215. The van der Waals surface area contributed by atoms with E-state index in [2.05, 4.69) is 26.1 Å². The molecule has 10 heteroatoms. The maximum atomic E-state index is 12.3. The zero-order chi connectivity index (χ0) is 24.0. The molecule has 0 unspecified atom stereocenters. The van der Waals surface area contributed by atoms with Gasteiger partial charge in [-0.05, 0) is 18.2 Å². The number of carbonyl (C=O) groups excluding carboxylic acids is 3. The number of hydrogen-bond donors (Lipinski definition) is 3. The Morgan fingerprint density at radius 1 is 1.00 bits per heavy atom. The zero-order valence-corrected chi connectivity index (χ0v) is 18.8. The highest BCUT2D eigenvalue weighted by Crippen LogP contribution is 2.25. The SMILES string of the molecule is CNC(=O)c1cc(Oc2cccc(NC(=O)CC(=O)Nc3cc(C(C)(C)C)on3)c2)ccn1. The number of nitrogens with one attached hydrogen (secondary N) is 3. The molecule has 0 saturated heterocycles. The van der Waals surface area contributed by atoms with Gasteiger partial charge in [-0.15, -0.1) is 0 Å². The first-order valence-electron chi connectivity index (χ1n) is 10.2. The van der Waals surface area contributed by atoms with Crippen LogP contribution in [0.15, 0.2) is 53.2 Å². The minimum Gasteiger partial charge on any atom is -0.457 e. The molecule has 33 heavy (non-hydrogen) atoms. The summed E-state index contributed by atoms with van der Waals surface area (Å²) in [6.45, 7) is 5.87. The van der Waals surface area contributed by atoms with E-state index in [0.717, 1.165) is 0 Å². The Morgan fingerprint density at radius 2 is 1.73 bits per heavy atom. The van der Waals surface area contributed by atoms with Gasteiger partial charge >= 0.3 is 0 Å². The second-order valence-corrected chi connectivity index (χ2v) is 8.19. The van der Waals surface area contributed by atoms with Crippen LogP contribution in [0.2, 0.25) is 0 Å². The highest BCUT2D eigenvalue weighted by molar-refractivity contribution is 6.07. The highest BCUT2D eigenvalue weighted by Gasteiger charge is 2.21. The van der Waals surface area contributed by atoms with E-state index in [1.54, 1.807) is 36.4 Å². The van der Waals surface area contributed by atoms with Crippen LogP contribution in [-0.4, -0.2) is 34.9 Å². The van der Waals surface area contributed by atoms with E-state index in [1.807, 2.05) is 20.8 Å². The van der Waals surface area contributed by atoms with E-state index < -0.39 is 18.2 Å². The third kappa shape index (κ3) is 6.63. The molecule has 0 fully saturated rings. The second-order valence-electron chi connectivity index (χ2n) is 8.19. The van der Waals surface area contributed by atoms with Crippen molar-refractivity contribution >= 4 is 29.2 Å². The summed E-state index contributed by atoms with van der Waals surface area (Å²) in [6, 6.07) is 11.4. The van der Waals surface area contributed by atoms with Gasteiger partial charge in [0.15, 0.2) is 5.82 Å². The van der Waals surface area contributed by atoms with Crippen molar-refractivity contribution in [3.05, 3.63) is 60.1 Å². The van der Waals surface area contributed by atoms with Crippen molar-refractivity contribution in [2.75, 3.05) is 17.7 Å². The average molecular weight is 451 g/mol. The van der Waals surface area contributed by atoms with Gasteiger partial charge in [0.05, 0.1) is 0 Å². The van der Waals surface area contributed by atoms with Crippen molar-refractivity contribution < 1.29 is 23.6 Å². The first-order valence-corrected chi connectivity index (χ1v) is 10.2. The molecule has 0 aliphatic carbocycles. The number of aromatic nitrogens is 2. The van der Waals surface area contributed by atoms with E-state index in [1.165, 1.54) is 19.3 Å². The molecule has 10 nitrogen and oxygen atoms in total. The van der Waals surface area contributed by atoms with E-state index in [9.17, 15) is 14.4 Å². The Balaban J connectivity index is 1.57. The van der Waals surface area contributed by atoms with Crippen LogP contribution in [-0.2, 0) is 15.0 Å². The summed E-state index contributed by atoms with van der Waals surface area (Å²) < 4.78 is 11.0. The van der Waals surface area contributed by atoms with Gasteiger partial charge in [-0.1, -0.05) is 32.0 Å². The Labute approximate surface area is 190 Å².